The number of hydrogen-bond acceptors (Lipinski definition) is 4. The predicted molar refractivity (Wildman–Crippen MR) is 126 cm³/mol. The van der Waals surface area contributed by atoms with Crippen LogP contribution in [0.5, 0.6) is 11.5 Å². The van der Waals surface area contributed by atoms with E-state index in [0.29, 0.717) is 22.9 Å². The Kier molecular flexibility index (Phi) is 8.69. The second kappa shape index (κ2) is 12.2. The summed E-state index contributed by atoms with van der Waals surface area (Å²) in [4.78, 5) is 24.7. The zero-order chi connectivity index (χ0) is 22.6. The third kappa shape index (κ3) is 7.47. The summed E-state index contributed by atoms with van der Waals surface area (Å²) in [5.41, 5.74) is 2.15. The van der Waals surface area contributed by atoms with Crippen molar-refractivity contribution in [1.29, 1.82) is 0 Å². The summed E-state index contributed by atoms with van der Waals surface area (Å²) in [6.45, 7) is 2.16. The Morgan fingerprint density at radius 3 is 1.91 bits per heavy atom. The molecule has 3 aromatic carbocycles. The molecule has 32 heavy (non-hydrogen) atoms. The van der Waals surface area contributed by atoms with Crippen LogP contribution in [-0.4, -0.2) is 12.2 Å². The SMILES string of the molecule is CCCCCCc1ccc(OC(=O)Nc2ccccc2)cc1OC(=O)Nc1ccccc1. The molecule has 0 atom stereocenters. The molecular weight excluding hydrogens is 404 g/mol. The van der Waals surface area contributed by atoms with Gasteiger partial charge in [0.05, 0.1) is 0 Å². The van der Waals surface area contributed by atoms with Gasteiger partial charge in [0.1, 0.15) is 11.5 Å². The first-order valence-corrected chi connectivity index (χ1v) is 10.8. The highest BCUT2D eigenvalue weighted by atomic mass is 16.6. The smallest absolute Gasteiger partial charge is 0.410 e. The molecule has 3 aromatic rings. The molecule has 3 rings (SSSR count). The van der Waals surface area contributed by atoms with Crippen LogP contribution >= 0.6 is 0 Å². The molecule has 0 unspecified atom stereocenters. The van der Waals surface area contributed by atoms with E-state index in [9.17, 15) is 9.59 Å². The van der Waals surface area contributed by atoms with Gasteiger partial charge in [-0.15, -0.1) is 0 Å². The van der Waals surface area contributed by atoms with Crippen LogP contribution in [0.1, 0.15) is 38.2 Å². The average Bonchev–Trinajstić information content (AvgIpc) is 2.79. The number of amides is 2. The Morgan fingerprint density at radius 1 is 0.719 bits per heavy atom. The first-order chi connectivity index (χ1) is 15.6. The monoisotopic (exact) mass is 432 g/mol. The lowest BCUT2D eigenvalue weighted by Crippen LogP contribution is -2.18. The van der Waals surface area contributed by atoms with E-state index >= 15 is 0 Å². The fourth-order valence-corrected chi connectivity index (χ4v) is 3.18. The summed E-state index contributed by atoms with van der Waals surface area (Å²) in [6, 6.07) is 23.2. The van der Waals surface area contributed by atoms with Crippen LogP contribution in [-0.2, 0) is 6.42 Å². The van der Waals surface area contributed by atoms with Crippen molar-refractivity contribution in [3.63, 3.8) is 0 Å². The molecule has 0 fully saturated rings. The number of nitrogens with one attached hydrogen (secondary N) is 2. The molecule has 0 saturated carbocycles. The molecule has 0 bridgehead atoms. The first kappa shape index (κ1) is 22.9. The Hall–Kier alpha value is -3.80. The van der Waals surface area contributed by atoms with E-state index in [1.165, 1.54) is 0 Å². The van der Waals surface area contributed by atoms with Crippen molar-refractivity contribution in [2.75, 3.05) is 10.6 Å². The number of hydrogen-bond donors (Lipinski definition) is 2. The fraction of sp³-hybridized carbons (Fsp3) is 0.231. The Morgan fingerprint density at radius 2 is 1.31 bits per heavy atom. The van der Waals surface area contributed by atoms with Gasteiger partial charge in [-0.25, -0.2) is 9.59 Å². The van der Waals surface area contributed by atoms with Crippen LogP contribution in [0.4, 0.5) is 21.0 Å². The largest absolute Gasteiger partial charge is 0.417 e. The molecule has 0 aromatic heterocycles. The summed E-state index contributed by atoms with van der Waals surface area (Å²) in [7, 11) is 0. The maximum atomic E-state index is 12.4. The highest BCUT2D eigenvalue weighted by molar-refractivity contribution is 5.87. The van der Waals surface area contributed by atoms with Gasteiger partial charge in [-0.05, 0) is 48.7 Å². The third-order valence-electron chi connectivity index (χ3n) is 4.79. The minimum atomic E-state index is -0.619. The molecule has 0 aliphatic carbocycles. The molecule has 6 heteroatoms. The number of anilines is 2. The summed E-state index contributed by atoms with van der Waals surface area (Å²) >= 11 is 0. The lowest BCUT2D eigenvalue weighted by Gasteiger charge is -2.13. The quantitative estimate of drug-likeness (QED) is 0.356. The minimum Gasteiger partial charge on any atom is -0.410 e. The number of carbonyl (C=O) groups excluding carboxylic acids is 2. The fourth-order valence-electron chi connectivity index (χ4n) is 3.18. The topological polar surface area (TPSA) is 76.7 Å². The van der Waals surface area contributed by atoms with E-state index in [2.05, 4.69) is 17.6 Å². The van der Waals surface area contributed by atoms with Gasteiger partial charge >= 0.3 is 12.2 Å². The van der Waals surface area contributed by atoms with Crippen LogP contribution < -0.4 is 20.1 Å². The van der Waals surface area contributed by atoms with Crippen LogP contribution in [0.2, 0.25) is 0 Å². The number of carbonyl (C=O) groups is 2. The van der Waals surface area contributed by atoms with Crippen molar-refractivity contribution < 1.29 is 19.1 Å². The number of unbranched alkanes of at least 4 members (excludes halogenated alkanes) is 3. The van der Waals surface area contributed by atoms with Crippen LogP contribution in [0.15, 0.2) is 78.9 Å². The van der Waals surface area contributed by atoms with Crippen molar-refractivity contribution in [3.8, 4) is 11.5 Å². The zero-order valence-corrected chi connectivity index (χ0v) is 18.2. The summed E-state index contributed by atoms with van der Waals surface area (Å²) in [5, 5.41) is 5.37. The number of rotatable bonds is 9. The van der Waals surface area contributed by atoms with Crippen molar-refractivity contribution in [3.05, 3.63) is 84.4 Å². The summed E-state index contributed by atoms with van der Waals surface area (Å²) in [5.74, 6) is 0.665. The average molecular weight is 433 g/mol. The van der Waals surface area contributed by atoms with Gasteiger partial charge in [-0.1, -0.05) is 68.7 Å². The van der Waals surface area contributed by atoms with Gasteiger partial charge in [-0.3, -0.25) is 10.6 Å². The molecule has 2 N–H and O–H groups in total. The van der Waals surface area contributed by atoms with Crippen molar-refractivity contribution in [1.82, 2.24) is 0 Å². The Bertz CT molecular complexity index is 1010. The van der Waals surface area contributed by atoms with Crippen molar-refractivity contribution in [2.24, 2.45) is 0 Å². The van der Waals surface area contributed by atoms with Gasteiger partial charge in [-0.2, -0.15) is 0 Å². The predicted octanol–water partition coefficient (Wildman–Crippen LogP) is 7.03. The number of ether oxygens (including phenoxy) is 2. The maximum Gasteiger partial charge on any atom is 0.417 e. The number of benzene rings is 3. The Balaban J connectivity index is 1.69. The zero-order valence-electron chi connectivity index (χ0n) is 18.2. The molecule has 0 aliphatic heterocycles. The molecule has 0 heterocycles. The Labute approximate surface area is 188 Å². The number of para-hydroxylation sites is 2. The molecule has 6 nitrogen and oxygen atoms in total. The van der Waals surface area contributed by atoms with E-state index in [1.807, 2.05) is 42.5 Å². The minimum absolute atomic E-state index is 0.290. The second-order valence-electron chi connectivity index (χ2n) is 7.34. The third-order valence-corrected chi connectivity index (χ3v) is 4.79. The van der Waals surface area contributed by atoms with Crippen molar-refractivity contribution in [2.45, 2.75) is 39.0 Å². The molecular formula is C26H28N2O4. The van der Waals surface area contributed by atoms with E-state index < -0.39 is 12.2 Å². The van der Waals surface area contributed by atoms with Gasteiger partial charge in [0.2, 0.25) is 0 Å². The standard InChI is InChI=1S/C26H28N2O4/c1-2-3-4-7-12-20-17-18-23(31-25(29)27-21-13-8-5-9-14-21)19-24(20)32-26(30)28-22-15-10-6-11-16-22/h5-6,8-11,13-19H,2-4,7,12H2,1H3,(H,27,29)(H,28,30). The summed E-state index contributed by atoms with van der Waals surface area (Å²) in [6.07, 6.45) is 3.94. The highest BCUT2D eigenvalue weighted by Crippen LogP contribution is 2.27. The molecule has 0 aliphatic rings. The van der Waals surface area contributed by atoms with Crippen molar-refractivity contribution >= 4 is 23.6 Å². The van der Waals surface area contributed by atoms with Crippen LogP contribution in [0, 0.1) is 0 Å². The lowest BCUT2D eigenvalue weighted by atomic mass is 10.1. The number of aryl methyl sites for hydroxylation is 1. The van der Waals surface area contributed by atoms with Gasteiger partial charge in [0.15, 0.2) is 0 Å². The van der Waals surface area contributed by atoms with E-state index in [-0.39, 0.29) is 0 Å². The highest BCUT2D eigenvalue weighted by Gasteiger charge is 2.13. The first-order valence-electron chi connectivity index (χ1n) is 10.8. The van der Waals surface area contributed by atoms with Gasteiger partial charge < -0.3 is 9.47 Å². The molecule has 0 saturated heterocycles. The molecule has 166 valence electrons. The molecule has 2 amide bonds. The molecule has 0 radical (unpaired) electrons. The van der Waals surface area contributed by atoms with E-state index in [4.69, 9.17) is 9.47 Å². The van der Waals surface area contributed by atoms with E-state index in [1.54, 1.807) is 36.4 Å². The van der Waals surface area contributed by atoms with Crippen LogP contribution in [0.3, 0.4) is 0 Å². The van der Waals surface area contributed by atoms with E-state index in [0.717, 1.165) is 37.7 Å². The lowest BCUT2D eigenvalue weighted by molar-refractivity contribution is 0.213. The summed E-state index contributed by atoms with van der Waals surface area (Å²) < 4.78 is 11.0. The second-order valence-corrected chi connectivity index (χ2v) is 7.34. The van der Waals surface area contributed by atoms with Gasteiger partial charge in [0, 0.05) is 17.4 Å². The van der Waals surface area contributed by atoms with Gasteiger partial charge in [0.25, 0.3) is 0 Å². The van der Waals surface area contributed by atoms with Crippen LogP contribution in [0.25, 0.3) is 0 Å². The normalized spacial score (nSPS) is 10.3. The molecule has 0 spiro atoms. The maximum absolute atomic E-state index is 12.4.